The molecule has 1 N–H and O–H groups in total. The second-order valence-corrected chi connectivity index (χ2v) is 0.877. The summed E-state index contributed by atoms with van der Waals surface area (Å²) in [4.78, 5) is 9.25. The summed E-state index contributed by atoms with van der Waals surface area (Å²) in [5, 5.41) is 7.99. The first kappa shape index (κ1) is 9.64. The second-order valence-electron chi connectivity index (χ2n) is 0.877. The zero-order valence-corrected chi connectivity index (χ0v) is 5.13. The third kappa shape index (κ3) is 8.83. The minimum absolute atomic E-state index is 0. The van der Waals surface area contributed by atoms with Gasteiger partial charge >= 0.3 is 23.1 Å². The largest absolute Gasteiger partial charge is 2.00 e. The molecule has 3 heteroatoms. The predicted octanol–water partition coefficient (Wildman–Crippen LogP) is -0.590. The fourth-order valence-corrected chi connectivity index (χ4v) is 0. The van der Waals surface area contributed by atoms with Crippen molar-refractivity contribution in [3.05, 3.63) is 0 Å². The molecule has 0 amide bonds. The minimum atomic E-state index is -0.796. The van der Waals surface area contributed by atoms with E-state index >= 15 is 0 Å². The fraction of sp³-hybridized carbons (Fsp3) is 0.667. The Morgan fingerprint density at radius 2 is 2.17 bits per heavy atom. The van der Waals surface area contributed by atoms with Crippen molar-refractivity contribution in [3.8, 4) is 0 Å². The van der Waals surface area contributed by atoms with E-state index < -0.39 is 6.10 Å². The molecular formula is C3H8MgO2. The summed E-state index contributed by atoms with van der Waals surface area (Å²) in [5.41, 5.74) is 0. The predicted molar refractivity (Wildman–Crippen MR) is 25.7 cm³/mol. The summed E-state index contributed by atoms with van der Waals surface area (Å²) in [7, 11) is 0. The molecule has 0 aromatic carbocycles. The van der Waals surface area contributed by atoms with E-state index in [0.717, 1.165) is 0 Å². The second kappa shape index (κ2) is 5.40. The van der Waals surface area contributed by atoms with E-state index in [2.05, 4.69) is 0 Å². The van der Waals surface area contributed by atoms with Crippen molar-refractivity contribution in [2.24, 2.45) is 0 Å². The Morgan fingerprint density at radius 3 is 2.17 bits per heavy atom. The van der Waals surface area contributed by atoms with Crippen molar-refractivity contribution in [1.82, 2.24) is 0 Å². The van der Waals surface area contributed by atoms with Gasteiger partial charge in [0, 0.05) is 0 Å². The molecule has 0 aromatic heterocycles. The topological polar surface area (TPSA) is 37.3 Å². The summed E-state index contributed by atoms with van der Waals surface area (Å²) in [6.45, 7) is 1.41. The smallest absolute Gasteiger partial charge is 1.00 e. The van der Waals surface area contributed by atoms with Crippen LogP contribution in [0.25, 0.3) is 0 Å². The molecule has 34 valence electrons. The molecule has 0 heterocycles. The molecule has 0 saturated carbocycles. The van der Waals surface area contributed by atoms with Crippen molar-refractivity contribution in [2.75, 3.05) is 0 Å². The molecule has 0 radical (unpaired) electrons. The van der Waals surface area contributed by atoms with Crippen LogP contribution in [0.4, 0.5) is 0 Å². The average molecular weight is 100 g/mol. The summed E-state index contributed by atoms with van der Waals surface area (Å²) in [6, 6.07) is 0. The van der Waals surface area contributed by atoms with Crippen molar-refractivity contribution in [1.29, 1.82) is 0 Å². The summed E-state index contributed by atoms with van der Waals surface area (Å²) in [6.07, 6.45) is -0.324. The van der Waals surface area contributed by atoms with Crippen LogP contribution in [0, 0.1) is 0 Å². The molecule has 1 unspecified atom stereocenters. The van der Waals surface area contributed by atoms with Gasteiger partial charge in [-0.2, -0.15) is 0 Å². The number of rotatable bonds is 1. The van der Waals surface area contributed by atoms with Crippen LogP contribution in [0.3, 0.4) is 0 Å². The minimum Gasteiger partial charge on any atom is -1.00 e. The van der Waals surface area contributed by atoms with Crippen LogP contribution in [0.5, 0.6) is 0 Å². The van der Waals surface area contributed by atoms with Gasteiger partial charge in [0.2, 0.25) is 0 Å². The third-order valence-corrected chi connectivity index (χ3v) is 0.197. The van der Waals surface area contributed by atoms with Crippen LogP contribution >= 0.6 is 0 Å². The van der Waals surface area contributed by atoms with E-state index in [4.69, 9.17) is 5.11 Å². The number of aldehydes is 1. The Kier molecular flexibility index (Phi) is 8.67. The molecule has 0 saturated heterocycles. The number of carbonyl (C=O) groups excluding carboxylic acids is 1. The van der Waals surface area contributed by atoms with Gasteiger partial charge in [-0.25, -0.2) is 0 Å². The molecule has 0 aromatic rings. The van der Waals surface area contributed by atoms with Gasteiger partial charge in [-0.05, 0) is 6.92 Å². The Labute approximate surface area is 55.7 Å². The number of aliphatic hydroxyl groups is 1. The molecule has 0 rings (SSSR count). The van der Waals surface area contributed by atoms with Crippen LogP contribution in [0.1, 0.15) is 9.78 Å². The maximum Gasteiger partial charge on any atom is 2.00 e. The molecular weight excluding hydrogens is 92.3 g/mol. The maximum atomic E-state index is 9.25. The van der Waals surface area contributed by atoms with Gasteiger partial charge in [-0.1, -0.05) is 0 Å². The third-order valence-electron chi connectivity index (χ3n) is 0.197. The molecule has 0 aliphatic carbocycles. The Bertz CT molecular complexity index is 42.3. The number of hydrogen-bond acceptors (Lipinski definition) is 2. The van der Waals surface area contributed by atoms with E-state index in [1.54, 1.807) is 0 Å². The van der Waals surface area contributed by atoms with Crippen molar-refractivity contribution in [3.63, 3.8) is 0 Å². The maximum absolute atomic E-state index is 9.25. The van der Waals surface area contributed by atoms with Crippen LogP contribution in [-0.2, 0) is 4.79 Å². The van der Waals surface area contributed by atoms with Crippen LogP contribution in [0.2, 0.25) is 0 Å². The summed E-state index contributed by atoms with van der Waals surface area (Å²) < 4.78 is 0. The first-order chi connectivity index (χ1) is 2.27. The van der Waals surface area contributed by atoms with Gasteiger partial charge in [0.15, 0.2) is 0 Å². The molecule has 0 fully saturated rings. The molecule has 2 nitrogen and oxygen atoms in total. The van der Waals surface area contributed by atoms with Crippen LogP contribution < -0.4 is 0 Å². The van der Waals surface area contributed by atoms with E-state index in [9.17, 15) is 4.79 Å². The quantitative estimate of drug-likeness (QED) is 0.353. The molecule has 6 heavy (non-hydrogen) atoms. The number of carbonyl (C=O) groups is 1. The molecule has 0 aliphatic heterocycles. The van der Waals surface area contributed by atoms with Gasteiger partial charge in [-0.15, -0.1) is 0 Å². The van der Waals surface area contributed by atoms with Crippen LogP contribution in [0.15, 0.2) is 0 Å². The van der Waals surface area contributed by atoms with Gasteiger partial charge in [-0.3, -0.25) is 0 Å². The average Bonchev–Trinajstić information content (AvgIpc) is 1.38. The summed E-state index contributed by atoms with van der Waals surface area (Å²) in [5.74, 6) is 0. The Balaban J connectivity index is -0.0000000267. The van der Waals surface area contributed by atoms with Crippen LogP contribution in [-0.4, -0.2) is 40.5 Å². The zero-order chi connectivity index (χ0) is 4.28. The zero-order valence-electron chi connectivity index (χ0n) is 5.72. The molecule has 0 bridgehead atoms. The van der Waals surface area contributed by atoms with E-state index in [1.807, 2.05) is 0 Å². The Hall–Kier alpha value is 0.396. The number of hydrogen-bond donors (Lipinski definition) is 1. The Morgan fingerprint density at radius 1 is 2.00 bits per heavy atom. The van der Waals surface area contributed by atoms with E-state index in [-0.39, 0.29) is 25.9 Å². The SMILES string of the molecule is CC(O)C=O.[H-].[H-].[Mg+2]. The van der Waals surface area contributed by atoms with Gasteiger partial charge < -0.3 is 12.8 Å². The summed E-state index contributed by atoms with van der Waals surface area (Å²) >= 11 is 0. The van der Waals surface area contributed by atoms with Gasteiger partial charge in [0.05, 0.1) is 0 Å². The molecule has 1 atom stereocenters. The van der Waals surface area contributed by atoms with E-state index in [0.29, 0.717) is 6.29 Å². The van der Waals surface area contributed by atoms with Gasteiger partial charge in [0.25, 0.3) is 0 Å². The van der Waals surface area contributed by atoms with E-state index in [1.165, 1.54) is 6.92 Å². The molecule has 0 spiro atoms. The first-order valence-electron chi connectivity index (χ1n) is 1.40. The van der Waals surface area contributed by atoms with Crippen molar-refractivity contribution in [2.45, 2.75) is 13.0 Å². The van der Waals surface area contributed by atoms with Gasteiger partial charge in [0.1, 0.15) is 12.4 Å². The normalized spacial score (nSPS) is 11.7. The van der Waals surface area contributed by atoms with Crippen molar-refractivity contribution < 1.29 is 12.8 Å². The fourth-order valence-electron chi connectivity index (χ4n) is 0. The first-order valence-corrected chi connectivity index (χ1v) is 1.40. The molecule has 0 aliphatic rings. The monoisotopic (exact) mass is 100 g/mol. The number of aliphatic hydroxyl groups excluding tert-OH is 1. The standard InChI is InChI=1S/C3H6O2.Mg.2H/c1-3(5)2-4;;;/h2-3,5H,1H3;;;/q;+2;2*-1. The van der Waals surface area contributed by atoms with Crippen molar-refractivity contribution >= 4 is 29.3 Å².